The maximum absolute atomic E-state index is 13.7. The second-order valence-electron chi connectivity index (χ2n) is 4.36. The molecule has 0 saturated carbocycles. The number of non-ortho nitro benzene ring substituents is 1. The van der Waals surface area contributed by atoms with Crippen molar-refractivity contribution >= 4 is 11.4 Å². The summed E-state index contributed by atoms with van der Waals surface area (Å²) in [7, 11) is 0. The van der Waals surface area contributed by atoms with Gasteiger partial charge < -0.3 is 10.1 Å². The maximum atomic E-state index is 13.7. The fourth-order valence-corrected chi connectivity index (χ4v) is 1.82. The van der Waals surface area contributed by atoms with Crippen molar-refractivity contribution < 1.29 is 14.1 Å². The molecule has 1 N–H and O–H groups in total. The van der Waals surface area contributed by atoms with Gasteiger partial charge in [-0.15, -0.1) is 0 Å². The molecule has 0 aliphatic rings. The van der Waals surface area contributed by atoms with Crippen LogP contribution in [-0.4, -0.2) is 11.5 Å². The summed E-state index contributed by atoms with van der Waals surface area (Å²) in [6, 6.07) is 10.9. The Balaban J connectivity index is 1.99. The molecular formula is C15H15FN2O3. The molecule has 0 fully saturated rings. The summed E-state index contributed by atoms with van der Waals surface area (Å²) < 4.78 is 18.8. The Kier molecular flexibility index (Phi) is 4.71. The molecule has 0 spiro atoms. The zero-order valence-electron chi connectivity index (χ0n) is 11.5. The van der Waals surface area contributed by atoms with Crippen molar-refractivity contribution in [1.82, 2.24) is 0 Å². The summed E-state index contributed by atoms with van der Waals surface area (Å²) in [6.07, 6.45) is 0. The lowest BCUT2D eigenvalue weighted by molar-refractivity contribution is -0.384. The smallest absolute Gasteiger partial charge is 0.269 e. The van der Waals surface area contributed by atoms with Gasteiger partial charge in [-0.2, -0.15) is 0 Å². The summed E-state index contributed by atoms with van der Waals surface area (Å²) in [5.74, 6) is -0.205. The molecule has 21 heavy (non-hydrogen) atoms. The number of halogens is 1. The van der Waals surface area contributed by atoms with Gasteiger partial charge in [0.05, 0.1) is 11.5 Å². The molecule has 0 saturated heterocycles. The zero-order valence-corrected chi connectivity index (χ0v) is 11.5. The molecule has 2 aromatic rings. The van der Waals surface area contributed by atoms with Crippen LogP contribution in [0.2, 0.25) is 0 Å². The van der Waals surface area contributed by atoms with Crippen molar-refractivity contribution in [2.24, 2.45) is 0 Å². The molecule has 0 aliphatic heterocycles. The molecule has 2 rings (SSSR count). The second-order valence-corrected chi connectivity index (χ2v) is 4.36. The van der Waals surface area contributed by atoms with Crippen molar-refractivity contribution in [3.05, 3.63) is 64.0 Å². The Morgan fingerprint density at radius 1 is 1.24 bits per heavy atom. The van der Waals surface area contributed by atoms with E-state index < -0.39 is 10.7 Å². The Morgan fingerprint density at radius 2 is 1.95 bits per heavy atom. The van der Waals surface area contributed by atoms with Gasteiger partial charge >= 0.3 is 0 Å². The van der Waals surface area contributed by atoms with Crippen molar-refractivity contribution in [2.45, 2.75) is 13.5 Å². The van der Waals surface area contributed by atoms with Crippen molar-refractivity contribution in [2.75, 3.05) is 11.9 Å². The molecule has 2 aromatic carbocycles. The predicted octanol–water partition coefficient (Wildman–Crippen LogP) is 3.74. The highest BCUT2D eigenvalue weighted by Gasteiger charge is 2.06. The van der Waals surface area contributed by atoms with Crippen LogP contribution in [0.15, 0.2) is 42.5 Å². The van der Waals surface area contributed by atoms with Crippen molar-refractivity contribution in [1.29, 1.82) is 0 Å². The van der Waals surface area contributed by atoms with Crippen LogP contribution in [0.4, 0.5) is 15.8 Å². The number of hydrogen-bond acceptors (Lipinski definition) is 4. The highest BCUT2D eigenvalue weighted by atomic mass is 19.1. The fourth-order valence-electron chi connectivity index (χ4n) is 1.82. The van der Waals surface area contributed by atoms with Crippen LogP contribution in [0.25, 0.3) is 0 Å². The number of hydrogen-bond donors (Lipinski definition) is 1. The predicted molar refractivity (Wildman–Crippen MR) is 78.0 cm³/mol. The Hall–Kier alpha value is -2.63. The first kappa shape index (κ1) is 14.8. The first-order chi connectivity index (χ1) is 10.1. The quantitative estimate of drug-likeness (QED) is 0.650. The van der Waals surface area contributed by atoms with Gasteiger partial charge in [0.2, 0.25) is 0 Å². The molecule has 0 radical (unpaired) electrons. The van der Waals surface area contributed by atoms with Gasteiger partial charge in [0.15, 0.2) is 11.6 Å². The minimum absolute atomic E-state index is 0.0471. The molecule has 110 valence electrons. The first-order valence-corrected chi connectivity index (χ1v) is 6.49. The highest BCUT2D eigenvalue weighted by molar-refractivity contribution is 5.48. The summed E-state index contributed by atoms with van der Waals surface area (Å²) in [6.45, 7) is 2.65. The van der Waals surface area contributed by atoms with Gasteiger partial charge in [0, 0.05) is 30.4 Å². The molecule has 0 bridgehead atoms. The summed E-state index contributed by atoms with van der Waals surface area (Å²) in [5.41, 5.74) is 1.54. The van der Waals surface area contributed by atoms with Crippen LogP contribution >= 0.6 is 0 Å². The van der Waals surface area contributed by atoms with E-state index in [9.17, 15) is 14.5 Å². The molecule has 5 nitrogen and oxygen atoms in total. The monoisotopic (exact) mass is 290 g/mol. The third-order valence-electron chi connectivity index (χ3n) is 2.88. The Morgan fingerprint density at radius 3 is 2.52 bits per heavy atom. The van der Waals surface area contributed by atoms with Crippen LogP contribution in [0.1, 0.15) is 12.5 Å². The molecule has 0 aliphatic carbocycles. The van der Waals surface area contributed by atoms with E-state index >= 15 is 0 Å². The normalized spacial score (nSPS) is 10.2. The number of nitro groups is 1. The number of nitrogens with zero attached hydrogens (tertiary/aromatic N) is 1. The Labute approximate surface area is 121 Å². The first-order valence-electron chi connectivity index (χ1n) is 6.49. The van der Waals surface area contributed by atoms with E-state index in [2.05, 4.69) is 5.32 Å². The van der Waals surface area contributed by atoms with Gasteiger partial charge in [-0.05, 0) is 24.6 Å². The molecule has 0 atom stereocenters. The van der Waals surface area contributed by atoms with Gasteiger partial charge in [-0.25, -0.2) is 4.39 Å². The lowest BCUT2D eigenvalue weighted by Crippen LogP contribution is -2.01. The van der Waals surface area contributed by atoms with Gasteiger partial charge in [0.25, 0.3) is 5.69 Å². The standard InChI is InChI=1S/C15H15FN2O3/c1-2-21-15-8-5-12(9-14(15)16)17-10-11-3-6-13(7-4-11)18(19)20/h3-9,17H,2,10H2,1H3. The van der Waals surface area contributed by atoms with Crippen LogP contribution < -0.4 is 10.1 Å². The van der Waals surface area contributed by atoms with Crippen LogP contribution in [0.3, 0.4) is 0 Å². The van der Waals surface area contributed by atoms with E-state index in [1.54, 1.807) is 31.2 Å². The number of anilines is 1. The van der Waals surface area contributed by atoms with Gasteiger partial charge in [0.1, 0.15) is 0 Å². The van der Waals surface area contributed by atoms with E-state index in [1.165, 1.54) is 18.2 Å². The number of benzene rings is 2. The summed E-state index contributed by atoms with van der Waals surface area (Å²) >= 11 is 0. The minimum atomic E-state index is -0.445. The maximum Gasteiger partial charge on any atom is 0.269 e. The number of ether oxygens (including phenoxy) is 1. The molecule has 0 amide bonds. The largest absolute Gasteiger partial charge is 0.491 e. The fraction of sp³-hybridized carbons (Fsp3) is 0.200. The summed E-state index contributed by atoms with van der Waals surface area (Å²) in [5, 5.41) is 13.6. The third-order valence-corrected chi connectivity index (χ3v) is 2.88. The van der Waals surface area contributed by atoms with E-state index in [4.69, 9.17) is 4.74 Å². The lowest BCUT2D eigenvalue weighted by atomic mass is 10.2. The van der Waals surface area contributed by atoms with Crippen molar-refractivity contribution in [3.63, 3.8) is 0 Å². The zero-order chi connectivity index (χ0) is 15.2. The summed E-state index contributed by atoms with van der Waals surface area (Å²) in [4.78, 5) is 10.1. The van der Waals surface area contributed by atoms with Gasteiger partial charge in [-0.1, -0.05) is 12.1 Å². The third kappa shape index (κ3) is 3.92. The molecular weight excluding hydrogens is 275 g/mol. The second kappa shape index (κ2) is 6.69. The average molecular weight is 290 g/mol. The molecule has 0 aromatic heterocycles. The van der Waals surface area contributed by atoms with Crippen LogP contribution in [0.5, 0.6) is 5.75 Å². The number of nitrogens with one attached hydrogen (secondary N) is 1. The van der Waals surface area contributed by atoms with Crippen LogP contribution in [-0.2, 0) is 6.54 Å². The molecule has 6 heteroatoms. The average Bonchev–Trinajstić information content (AvgIpc) is 2.48. The van der Waals surface area contributed by atoms with E-state index in [0.29, 0.717) is 18.8 Å². The van der Waals surface area contributed by atoms with E-state index in [1.807, 2.05) is 0 Å². The minimum Gasteiger partial charge on any atom is -0.491 e. The van der Waals surface area contributed by atoms with Crippen molar-refractivity contribution in [3.8, 4) is 5.75 Å². The molecule has 0 unspecified atom stereocenters. The SMILES string of the molecule is CCOc1ccc(NCc2ccc([N+](=O)[O-])cc2)cc1F. The van der Waals surface area contributed by atoms with Crippen LogP contribution in [0, 0.1) is 15.9 Å². The topological polar surface area (TPSA) is 64.4 Å². The lowest BCUT2D eigenvalue weighted by Gasteiger charge is -2.09. The highest BCUT2D eigenvalue weighted by Crippen LogP contribution is 2.21. The van der Waals surface area contributed by atoms with E-state index in [0.717, 1.165) is 5.56 Å². The Bertz CT molecular complexity index is 629. The number of nitro benzene ring substituents is 1. The number of rotatable bonds is 6. The molecule has 0 heterocycles. The van der Waals surface area contributed by atoms with E-state index in [-0.39, 0.29) is 11.4 Å². The van der Waals surface area contributed by atoms with Gasteiger partial charge in [-0.3, -0.25) is 10.1 Å².